The predicted molar refractivity (Wildman–Crippen MR) is 149 cm³/mol. The molecule has 0 spiro atoms. The zero-order valence-corrected chi connectivity index (χ0v) is 22.7. The summed E-state index contributed by atoms with van der Waals surface area (Å²) in [7, 11) is 2.04. The van der Waals surface area contributed by atoms with Gasteiger partial charge in [-0.15, -0.1) is 0 Å². The lowest BCUT2D eigenvalue weighted by Gasteiger charge is -2.40. The first-order chi connectivity index (χ1) is 18.9. The lowest BCUT2D eigenvalue weighted by molar-refractivity contribution is -0.142. The molecule has 1 unspecified atom stereocenters. The number of thiazole rings is 1. The van der Waals surface area contributed by atoms with Crippen LogP contribution < -0.4 is 9.80 Å². The summed E-state index contributed by atoms with van der Waals surface area (Å²) < 4.78 is 13.4. The first-order valence-electron chi connectivity index (χ1n) is 13.4. The summed E-state index contributed by atoms with van der Waals surface area (Å²) in [4.78, 5) is 26.2. The van der Waals surface area contributed by atoms with Crippen LogP contribution in [-0.2, 0) is 11.2 Å². The van der Waals surface area contributed by atoms with Crippen molar-refractivity contribution >= 4 is 28.1 Å². The number of aliphatic hydroxyl groups is 1. The summed E-state index contributed by atoms with van der Waals surface area (Å²) in [5, 5.41) is 20.0. The Kier molecular flexibility index (Phi) is 6.97. The molecule has 10 heteroatoms. The molecule has 3 aromatic rings. The minimum Gasteiger partial charge on any atom is -0.389 e. The zero-order chi connectivity index (χ0) is 27.1. The number of carbonyl (C=O) groups excluding carboxylic acids is 1. The molecule has 2 aromatic carbocycles. The quantitative estimate of drug-likeness (QED) is 0.508. The fourth-order valence-corrected chi connectivity index (χ4v) is 6.65. The van der Waals surface area contributed by atoms with Crippen LogP contribution in [-0.4, -0.2) is 84.8 Å². The Balaban J connectivity index is 1.14. The van der Waals surface area contributed by atoms with Crippen LogP contribution in [0.3, 0.4) is 0 Å². The molecule has 1 amide bonds. The highest BCUT2D eigenvalue weighted by Crippen LogP contribution is 2.42. The average Bonchev–Trinajstić information content (AvgIpc) is 3.56. The van der Waals surface area contributed by atoms with Crippen molar-refractivity contribution in [2.24, 2.45) is 0 Å². The number of halogens is 1. The van der Waals surface area contributed by atoms with E-state index in [0.717, 1.165) is 49.7 Å². The van der Waals surface area contributed by atoms with Gasteiger partial charge in [-0.25, -0.2) is 9.37 Å². The summed E-state index contributed by atoms with van der Waals surface area (Å²) >= 11 is 1.37. The van der Waals surface area contributed by atoms with E-state index in [1.165, 1.54) is 40.3 Å². The number of anilines is 2. The van der Waals surface area contributed by atoms with Crippen molar-refractivity contribution in [2.75, 3.05) is 62.7 Å². The van der Waals surface area contributed by atoms with E-state index in [9.17, 15) is 19.6 Å². The first-order valence-corrected chi connectivity index (χ1v) is 14.2. The minimum atomic E-state index is -0.366. The van der Waals surface area contributed by atoms with Gasteiger partial charge in [-0.2, -0.15) is 5.26 Å². The number of hydrogen-bond donors (Lipinski definition) is 1. The molecule has 0 bridgehead atoms. The lowest BCUT2D eigenvalue weighted by Crippen LogP contribution is -2.57. The van der Waals surface area contributed by atoms with Crippen molar-refractivity contribution in [3.05, 3.63) is 64.3 Å². The number of aliphatic hydroxyl groups excluding tert-OH is 1. The van der Waals surface area contributed by atoms with Crippen LogP contribution in [0.1, 0.15) is 28.5 Å². The number of carbonyl (C=O) groups is 1. The standard InChI is InChI=1S/C29H31FN6O2S/c1-33(29-32-28(26(15-31)39-29)20-2-6-21(30)7-3-20)25-9-5-19-4-8-22(14-24(19)25)35-12-10-34(11-13-35)18-27(38)36-16-23(37)17-36/h2-4,6-8,14,23,25,37H,5,9-13,16-18H2,1H3. The summed E-state index contributed by atoms with van der Waals surface area (Å²) in [6, 6.07) is 15.3. The topological polar surface area (TPSA) is 86.9 Å². The largest absolute Gasteiger partial charge is 0.389 e. The van der Waals surface area contributed by atoms with E-state index in [4.69, 9.17) is 4.98 Å². The van der Waals surface area contributed by atoms with Crippen LogP contribution in [0.4, 0.5) is 15.2 Å². The third-order valence-corrected chi connectivity index (χ3v) is 9.14. The Hall–Kier alpha value is -3.52. The molecule has 202 valence electrons. The second-order valence-electron chi connectivity index (χ2n) is 10.6. The fraction of sp³-hybridized carbons (Fsp3) is 0.414. The van der Waals surface area contributed by atoms with Gasteiger partial charge < -0.3 is 19.8 Å². The molecular formula is C29H31FN6O2S. The molecule has 2 saturated heterocycles. The molecular weight excluding hydrogens is 515 g/mol. The van der Waals surface area contributed by atoms with Gasteiger partial charge in [0, 0.05) is 57.6 Å². The van der Waals surface area contributed by atoms with Gasteiger partial charge in [-0.1, -0.05) is 17.4 Å². The maximum absolute atomic E-state index is 13.4. The molecule has 8 nitrogen and oxygen atoms in total. The van der Waals surface area contributed by atoms with Gasteiger partial charge >= 0.3 is 0 Å². The zero-order valence-electron chi connectivity index (χ0n) is 21.9. The van der Waals surface area contributed by atoms with Crippen molar-refractivity contribution in [2.45, 2.75) is 25.0 Å². The summed E-state index contributed by atoms with van der Waals surface area (Å²) in [5.74, 6) is -0.216. The number of nitrogens with zero attached hydrogens (tertiary/aromatic N) is 6. The number of fused-ring (bicyclic) bond motifs is 1. The molecule has 2 fully saturated rings. The summed E-state index contributed by atoms with van der Waals surface area (Å²) in [5.41, 5.74) is 5.15. The van der Waals surface area contributed by atoms with Crippen molar-refractivity contribution in [3.8, 4) is 17.3 Å². The van der Waals surface area contributed by atoms with E-state index in [1.54, 1.807) is 17.0 Å². The van der Waals surface area contributed by atoms with E-state index < -0.39 is 0 Å². The lowest BCUT2D eigenvalue weighted by atomic mass is 10.1. The van der Waals surface area contributed by atoms with Gasteiger partial charge in [-0.05, 0) is 60.4 Å². The molecule has 1 N–H and O–H groups in total. The Morgan fingerprint density at radius 1 is 1.18 bits per heavy atom. The van der Waals surface area contributed by atoms with Gasteiger partial charge in [0.2, 0.25) is 5.91 Å². The van der Waals surface area contributed by atoms with Gasteiger partial charge in [0.1, 0.15) is 22.5 Å². The maximum atomic E-state index is 13.4. The number of hydrogen-bond acceptors (Lipinski definition) is 8. The third-order valence-electron chi connectivity index (χ3n) is 8.09. The van der Waals surface area contributed by atoms with Crippen LogP contribution in [0, 0.1) is 17.1 Å². The second-order valence-corrected chi connectivity index (χ2v) is 11.5. The normalized spacial score (nSPS) is 19.5. The monoisotopic (exact) mass is 546 g/mol. The molecule has 1 aromatic heterocycles. The van der Waals surface area contributed by atoms with Crippen LogP contribution in [0.5, 0.6) is 0 Å². The van der Waals surface area contributed by atoms with E-state index in [-0.39, 0.29) is 23.9 Å². The Morgan fingerprint density at radius 2 is 1.92 bits per heavy atom. The van der Waals surface area contributed by atoms with Crippen LogP contribution >= 0.6 is 11.3 Å². The van der Waals surface area contributed by atoms with Crippen molar-refractivity contribution in [1.82, 2.24) is 14.8 Å². The van der Waals surface area contributed by atoms with Crippen molar-refractivity contribution in [3.63, 3.8) is 0 Å². The second kappa shape index (κ2) is 10.6. The molecule has 39 heavy (non-hydrogen) atoms. The highest BCUT2D eigenvalue weighted by atomic mass is 32.1. The van der Waals surface area contributed by atoms with Crippen LogP contribution in [0.2, 0.25) is 0 Å². The fourth-order valence-electron chi connectivity index (χ4n) is 5.75. The molecule has 6 rings (SSSR count). The summed E-state index contributed by atoms with van der Waals surface area (Å²) in [6.45, 7) is 4.68. The van der Waals surface area contributed by atoms with E-state index in [2.05, 4.69) is 39.0 Å². The molecule has 2 aliphatic heterocycles. The molecule has 0 radical (unpaired) electrons. The van der Waals surface area contributed by atoms with Crippen LogP contribution in [0.25, 0.3) is 11.3 Å². The van der Waals surface area contributed by atoms with E-state index >= 15 is 0 Å². The van der Waals surface area contributed by atoms with Gasteiger partial charge in [0.15, 0.2) is 5.13 Å². The van der Waals surface area contributed by atoms with Crippen LogP contribution in [0.15, 0.2) is 42.5 Å². The third kappa shape index (κ3) is 5.10. The maximum Gasteiger partial charge on any atom is 0.236 e. The van der Waals surface area contributed by atoms with E-state index in [1.807, 2.05) is 7.05 Å². The number of nitriles is 1. The average molecular weight is 547 g/mol. The Bertz CT molecular complexity index is 1410. The Labute approximate surface area is 231 Å². The summed E-state index contributed by atoms with van der Waals surface area (Å²) in [6.07, 6.45) is 1.60. The molecule has 0 saturated carbocycles. The minimum absolute atomic E-state index is 0.0986. The smallest absolute Gasteiger partial charge is 0.236 e. The van der Waals surface area contributed by atoms with Gasteiger partial charge in [0.05, 0.1) is 18.7 Å². The highest BCUT2D eigenvalue weighted by Gasteiger charge is 2.32. The van der Waals surface area contributed by atoms with Gasteiger partial charge in [-0.3, -0.25) is 9.69 Å². The van der Waals surface area contributed by atoms with Crippen molar-refractivity contribution < 1.29 is 14.3 Å². The first kappa shape index (κ1) is 25.7. The number of piperazine rings is 1. The Morgan fingerprint density at radius 3 is 2.62 bits per heavy atom. The number of benzene rings is 2. The number of aromatic nitrogens is 1. The number of amides is 1. The highest BCUT2D eigenvalue weighted by molar-refractivity contribution is 7.16. The molecule has 1 atom stereocenters. The van der Waals surface area contributed by atoms with Gasteiger partial charge in [0.25, 0.3) is 0 Å². The number of β-amino-alcohol motifs (C(OH)–C–C–N with tert-alkyl or cyclic N) is 1. The molecule has 1 aliphatic carbocycles. The number of likely N-dealkylation sites (tertiary alicyclic amines) is 1. The van der Waals surface area contributed by atoms with Crippen molar-refractivity contribution in [1.29, 1.82) is 5.26 Å². The molecule has 3 aliphatic rings. The SMILES string of the molecule is CN(c1nc(-c2ccc(F)cc2)c(C#N)s1)C1CCc2ccc(N3CCN(CC(=O)N4CC(O)C4)CC3)cc21. The number of aryl methyl sites for hydroxylation is 1. The van der Waals surface area contributed by atoms with E-state index in [0.29, 0.717) is 30.2 Å². The predicted octanol–water partition coefficient (Wildman–Crippen LogP) is 3.27. The molecule has 3 heterocycles. The number of rotatable bonds is 6.